The van der Waals surface area contributed by atoms with E-state index < -0.39 is 0 Å². The highest BCUT2D eigenvalue weighted by Gasteiger charge is 2.49. The van der Waals surface area contributed by atoms with Crippen LogP contribution in [0.3, 0.4) is 0 Å². The molecular weight excluding hydrogens is 452 g/mol. The van der Waals surface area contributed by atoms with Gasteiger partial charge in [-0.25, -0.2) is 5.43 Å². The van der Waals surface area contributed by atoms with Gasteiger partial charge in [-0.15, -0.1) is 0 Å². The molecule has 1 saturated heterocycles. The molecule has 1 aliphatic carbocycles. The van der Waals surface area contributed by atoms with Gasteiger partial charge in [0.25, 0.3) is 0 Å². The average Bonchev–Trinajstić information content (AvgIpc) is 3.22. The van der Waals surface area contributed by atoms with Crippen LogP contribution >= 0.6 is 0 Å². The van der Waals surface area contributed by atoms with Crippen LogP contribution in [-0.2, 0) is 0 Å². The summed E-state index contributed by atoms with van der Waals surface area (Å²) in [4.78, 5) is 2.44. The molecule has 4 nitrogen and oxygen atoms in total. The molecule has 0 radical (unpaired) electrons. The predicted octanol–water partition coefficient (Wildman–Crippen LogP) is 6.58. The fourth-order valence-corrected chi connectivity index (χ4v) is 6.19. The minimum absolute atomic E-state index is 0.00823. The quantitative estimate of drug-likeness (QED) is 0.473. The van der Waals surface area contributed by atoms with E-state index in [1.54, 1.807) is 5.57 Å². The lowest BCUT2D eigenvalue weighted by molar-refractivity contribution is -0.0106. The van der Waals surface area contributed by atoms with Gasteiger partial charge < -0.3 is 15.2 Å². The van der Waals surface area contributed by atoms with Crippen LogP contribution in [0, 0.1) is 12.3 Å². The summed E-state index contributed by atoms with van der Waals surface area (Å²) in [5.41, 5.74) is 13.1. The molecule has 2 aromatic rings. The maximum Gasteiger partial charge on any atom is 0.0929 e. The van der Waals surface area contributed by atoms with Gasteiger partial charge in [-0.2, -0.15) is 0 Å². The number of aryl methyl sites for hydroxylation is 1. The third-order valence-electron chi connectivity index (χ3n) is 8.43. The Balaban J connectivity index is 1.32. The number of rotatable bonds is 6. The van der Waals surface area contributed by atoms with E-state index >= 15 is 0 Å². The van der Waals surface area contributed by atoms with Crippen molar-refractivity contribution < 1.29 is 0 Å². The molecule has 196 valence electrons. The minimum atomic E-state index is -0.319. The van der Waals surface area contributed by atoms with Crippen LogP contribution in [0.4, 0.5) is 0 Å². The van der Waals surface area contributed by atoms with Gasteiger partial charge in [0.05, 0.1) is 5.54 Å². The fraction of sp³-hybridized carbons (Fsp3) is 0.455. The van der Waals surface area contributed by atoms with Gasteiger partial charge >= 0.3 is 0 Å². The predicted molar refractivity (Wildman–Crippen MR) is 156 cm³/mol. The number of benzene rings is 2. The molecule has 37 heavy (non-hydrogen) atoms. The summed E-state index contributed by atoms with van der Waals surface area (Å²) in [6.45, 7) is 20.0. The molecule has 0 amide bonds. The van der Waals surface area contributed by atoms with Gasteiger partial charge in [-0.05, 0) is 89.8 Å². The molecule has 2 aliphatic heterocycles. The number of hydrogen-bond acceptors (Lipinski definition) is 4. The topological polar surface area (TPSA) is 30.5 Å². The Morgan fingerprint density at radius 3 is 2.08 bits per heavy atom. The van der Waals surface area contributed by atoms with Crippen molar-refractivity contribution in [3.8, 4) is 0 Å². The zero-order valence-corrected chi connectivity index (χ0v) is 23.8. The second-order valence-corrected chi connectivity index (χ2v) is 13.0. The number of hydrogen-bond donors (Lipinski definition) is 2. The maximum absolute atomic E-state index is 4.39. The van der Waals surface area contributed by atoms with Crippen LogP contribution < -0.4 is 10.7 Å². The zero-order valence-electron chi connectivity index (χ0n) is 23.8. The monoisotopic (exact) mass is 496 g/mol. The Kier molecular flexibility index (Phi) is 6.40. The second-order valence-electron chi connectivity index (χ2n) is 13.0. The lowest BCUT2D eigenvalue weighted by Gasteiger charge is -2.56. The summed E-state index contributed by atoms with van der Waals surface area (Å²) in [5, 5.41) is 5.82. The van der Waals surface area contributed by atoms with Crippen molar-refractivity contribution in [1.82, 2.24) is 20.7 Å². The molecular formula is C33H44N4. The van der Waals surface area contributed by atoms with Crippen LogP contribution in [0.25, 0.3) is 5.57 Å². The first-order chi connectivity index (χ1) is 17.4. The maximum atomic E-state index is 4.39. The number of allylic oxidation sites excluding steroid dienone is 1. The Hall–Kier alpha value is -2.82. The molecule has 5 rings (SSSR count). The third kappa shape index (κ3) is 5.02. The van der Waals surface area contributed by atoms with Crippen molar-refractivity contribution in [2.75, 3.05) is 20.1 Å². The number of hydrazine groups is 1. The molecule has 0 bridgehead atoms. The average molecular weight is 497 g/mol. The molecule has 3 aliphatic rings. The van der Waals surface area contributed by atoms with Crippen LogP contribution in [0.5, 0.6) is 0 Å². The molecule has 2 N–H and O–H groups in total. The van der Waals surface area contributed by atoms with Gasteiger partial charge in [0.15, 0.2) is 0 Å². The van der Waals surface area contributed by atoms with Gasteiger partial charge in [-0.3, -0.25) is 0 Å². The molecule has 4 heteroatoms. The van der Waals surface area contributed by atoms with E-state index in [0.29, 0.717) is 5.41 Å². The van der Waals surface area contributed by atoms with Crippen molar-refractivity contribution in [3.63, 3.8) is 0 Å². The lowest BCUT2D eigenvalue weighted by Crippen LogP contribution is -2.58. The van der Waals surface area contributed by atoms with Crippen molar-refractivity contribution >= 4 is 5.57 Å². The molecule has 1 unspecified atom stereocenters. The Morgan fingerprint density at radius 1 is 1.00 bits per heavy atom. The summed E-state index contributed by atoms with van der Waals surface area (Å²) < 4.78 is 0. The van der Waals surface area contributed by atoms with Crippen LogP contribution in [0.1, 0.15) is 75.8 Å². The van der Waals surface area contributed by atoms with Gasteiger partial charge in [0, 0.05) is 42.0 Å². The summed E-state index contributed by atoms with van der Waals surface area (Å²) in [6.07, 6.45) is 6.77. The molecule has 0 aromatic heterocycles. The van der Waals surface area contributed by atoms with E-state index in [0.717, 1.165) is 5.70 Å². The van der Waals surface area contributed by atoms with E-state index in [-0.39, 0.29) is 17.1 Å². The highest BCUT2D eigenvalue weighted by Crippen LogP contribution is 2.54. The van der Waals surface area contributed by atoms with E-state index in [1.807, 2.05) is 0 Å². The van der Waals surface area contributed by atoms with Crippen molar-refractivity contribution in [1.29, 1.82) is 0 Å². The molecule has 2 aromatic carbocycles. The normalized spacial score (nSPS) is 23.5. The first-order valence-corrected chi connectivity index (χ1v) is 13.7. The van der Waals surface area contributed by atoms with E-state index in [4.69, 9.17) is 0 Å². The summed E-state index contributed by atoms with van der Waals surface area (Å²) >= 11 is 0. The van der Waals surface area contributed by atoms with E-state index in [9.17, 15) is 0 Å². The van der Waals surface area contributed by atoms with Crippen LogP contribution in [-0.4, -0.2) is 41.1 Å². The smallest absolute Gasteiger partial charge is 0.0929 e. The van der Waals surface area contributed by atoms with Gasteiger partial charge in [0.2, 0.25) is 0 Å². The zero-order chi connectivity index (χ0) is 26.6. The SMILES string of the molecule is C=C(N[C@H](C)c1ccc(C(=C2CC3(C2)CN(C)C3)c2ccc(C)cc2)cc1)C1(C)C=CN(C(C)(C)C)N1. The molecule has 2 heterocycles. The largest absolute Gasteiger partial charge is 0.380 e. The molecule has 1 spiro atoms. The summed E-state index contributed by atoms with van der Waals surface area (Å²) in [6, 6.07) is 18.4. The first-order valence-electron chi connectivity index (χ1n) is 13.7. The van der Waals surface area contributed by atoms with Crippen LogP contribution in [0.15, 0.2) is 78.7 Å². The molecule has 1 saturated carbocycles. The van der Waals surface area contributed by atoms with Crippen molar-refractivity contribution in [2.45, 2.75) is 71.5 Å². The summed E-state index contributed by atoms with van der Waals surface area (Å²) in [7, 11) is 2.23. The van der Waals surface area contributed by atoms with Gasteiger partial charge in [0.1, 0.15) is 0 Å². The number of nitrogens with zero attached hydrogens (tertiary/aromatic N) is 2. The molecule has 2 atom stereocenters. The fourth-order valence-electron chi connectivity index (χ4n) is 6.19. The lowest BCUT2D eigenvalue weighted by atomic mass is 9.59. The van der Waals surface area contributed by atoms with Gasteiger partial charge in [-0.1, -0.05) is 66.2 Å². The molecule has 2 fully saturated rings. The second kappa shape index (κ2) is 9.18. The first kappa shape index (κ1) is 25.8. The number of nitrogens with one attached hydrogen (secondary N) is 2. The highest BCUT2D eigenvalue weighted by molar-refractivity contribution is 5.83. The third-order valence-corrected chi connectivity index (χ3v) is 8.43. The van der Waals surface area contributed by atoms with Crippen LogP contribution in [0.2, 0.25) is 0 Å². The Labute approximate surface area is 224 Å². The van der Waals surface area contributed by atoms with Crippen molar-refractivity contribution in [3.05, 3.63) is 101 Å². The Morgan fingerprint density at radius 2 is 1.57 bits per heavy atom. The number of likely N-dealkylation sites (tertiary alicyclic amines) is 1. The summed E-state index contributed by atoms with van der Waals surface area (Å²) in [5.74, 6) is 0. The van der Waals surface area contributed by atoms with Crippen molar-refractivity contribution in [2.24, 2.45) is 5.41 Å². The Bertz CT molecular complexity index is 1210. The van der Waals surface area contributed by atoms with E-state index in [1.165, 1.54) is 53.8 Å². The van der Waals surface area contributed by atoms with E-state index in [2.05, 4.69) is 137 Å². The highest BCUT2D eigenvalue weighted by atomic mass is 15.6. The standard InChI is InChI=1S/C33H44N4/c1-23-9-11-27(12-10-23)30(29-19-33(20-29)21-36(8)22-33)28-15-13-26(14-16-28)24(2)34-25(3)32(7)17-18-37(35-32)31(4,5)6/h9-18,24,34-35H,3,19-22H2,1-2,4-8H3/t24-,32?/m1/s1. The minimum Gasteiger partial charge on any atom is -0.380 e.